The van der Waals surface area contributed by atoms with E-state index in [1.807, 2.05) is 0 Å². The second-order valence-electron chi connectivity index (χ2n) is 6.84. The van der Waals surface area contributed by atoms with Gasteiger partial charge >= 0.3 is 0 Å². The van der Waals surface area contributed by atoms with Crippen molar-refractivity contribution in [1.82, 2.24) is 5.32 Å². The predicted octanol–water partition coefficient (Wildman–Crippen LogP) is 3.61. The minimum Gasteiger partial charge on any atom is -0.352 e. The van der Waals surface area contributed by atoms with Gasteiger partial charge in [0.05, 0.1) is 10.6 Å². The normalized spacial score (nSPS) is 14.2. The van der Waals surface area contributed by atoms with Crippen LogP contribution in [0, 0.1) is 0 Å². The first kappa shape index (κ1) is 18.6. The Morgan fingerprint density at radius 1 is 1.00 bits per heavy atom. The number of benzene rings is 2. The molecule has 138 valence electrons. The summed E-state index contributed by atoms with van der Waals surface area (Å²) in [5, 5.41) is 2.94. The lowest BCUT2D eigenvalue weighted by molar-refractivity contribution is -0.121. The molecule has 0 radical (unpaired) electrons. The Hall–Kier alpha value is -2.14. The highest BCUT2D eigenvalue weighted by molar-refractivity contribution is 7.91. The van der Waals surface area contributed by atoms with Crippen molar-refractivity contribution in [2.45, 2.75) is 50.0 Å². The van der Waals surface area contributed by atoms with Crippen LogP contribution in [0.3, 0.4) is 0 Å². The predicted molar refractivity (Wildman–Crippen MR) is 103 cm³/mol. The summed E-state index contributed by atoms with van der Waals surface area (Å²) in [5.41, 5.74) is 3.47. The molecular weight excluding hydrogens is 346 g/mol. The fraction of sp³-hybridized carbons (Fsp3) is 0.381. The molecule has 0 saturated heterocycles. The molecule has 2 aromatic rings. The first-order valence-electron chi connectivity index (χ1n) is 9.15. The molecular formula is C21H25NO3S. The van der Waals surface area contributed by atoms with Gasteiger partial charge in [-0.15, -0.1) is 0 Å². The van der Waals surface area contributed by atoms with Crippen LogP contribution in [0.4, 0.5) is 0 Å². The van der Waals surface area contributed by atoms with E-state index in [2.05, 4.69) is 29.6 Å². The zero-order chi connectivity index (χ0) is 18.6. The lowest BCUT2D eigenvalue weighted by Gasteiger charge is -2.07. The topological polar surface area (TPSA) is 63.2 Å². The average Bonchev–Trinajstić information content (AvgIpc) is 3.51. The smallest absolute Gasteiger partial charge is 0.220 e. The van der Waals surface area contributed by atoms with Gasteiger partial charge in [0.2, 0.25) is 5.91 Å². The molecule has 0 spiro atoms. The molecule has 0 aromatic heterocycles. The van der Waals surface area contributed by atoms with Gasteiger partial charge < -0.3 is 5.32 Å². The molecule has 0 bridgehead atoms. The molecule has 5 heteroatoms. The van der Waals surface area contributed by atoms with Crippen molar-refractivity contribution in [1.29, 1.82) is 0 Å². The van der Waals surface area contributed by atoms with Crippen LogP contribution >= 0.6 is 0 Å². The van der Waals surface area contributed by atoms with Gasteiger partial charge in [-0.25, -0.2) is 8.42 Å². The van der Waals surface area contributed by atoms with Crippen LogP contribution in [0.2, 0.25) is 0 Å². The number of hydrogen-bond acceptors (Lipinski definition) is 3. The lowest BCUT2D eigenvalue weighted by atomic mass is 10.1. The third-order valence-electron chi connectivity index (χ3n) is 4.82. The Morgan fingerprint density at radius 2 is 1.62 bits per heavy atom. The third kappa shape index (κ3) is 4.94. The molecule has 4 nitrogen and oxygen atoms in total. The van der Waals surface area contributed by atoms with Gasteiger partial charge in [-0.3, -0.25) is 4.79 Å². The Morgan fingerprint density at radius 3 is 2.19 bits per heavy atom. The van der Waals surface area contributed by atoms with E-state index in [1.54, 1.807) is 31.2 Å². The van der Waals surface area contributed by atoms with Crippen LogP contribution in [0.5, 0.6) is 0 Å². The first-order chi connectivity index (χ1) is 12.5. The Bertz CT molecular complexity index is 851. The number of hydrogen-bond donors (Lipinski definition) is 1. The SMILES string of the molecule is CCS(=O)(=O)c1ccc(CCC(=O)NCc2ccc(C3CC3)cc2)cc1. The first-order valence-corrected chi connectivity index (χ1v) is 10.8. The quantitative estimate of drug-likeness (QED) is 0.771. The number of nitrogens with one attached hydrogen (secondary N) is 1. The largest absolute Gasteiger partial charge is 0.352 e. The number of amides is 1. The van der Waals surface area contributed by atoms with Gasteiger partial charge in [-0.1, -0.05) is 43.3 Å². The molecule has 1 aliphatic rings. The molecule has 26 heavy (non-hydrogen) atoms. The van der Waals surface area contributed by atoms with Gasteiger partial charge in [0.15, 0.2) is 9.84 Å². The molecule has 3 rings (SSSR count). The maximum atomic E-state index is 12.0. The van der Waals surface area contributed by atoms with Gasteiger partial charge in [0.1, 0.15) is 0 Å². The minimum absolute atomic E-state index is 0.00141. The van der Waals surface area contributed by atoms with Crippen LogP contribution in [-0.2, 0) is 27.6 Å². The van der Waals surface area contributed by atoms with E-state index in [1.165, 1.54) is 18.4 Å². The van der Waals surface area contributed by atoms with Crippen molar-refractivity contribution >= 4 is 15.7 Å². The van der Waals surface area contributed by atoms with Gasteiger partial charge in [-0.2, -0.15) is 0 Å². The molecule has 0 heterocycles. The molecule has 0 atom stereocenters. The summed E-state index contributed by atoms with van der Waals surface area (Å²) >= 11 is 0. The minimum atomic E-state index is -3.17. The van der Waals surface area contributed by atoms with Gasteiger partial charge in [0, 0.05) is 13.0 Å². The second kappa shape index (κ2) is 8.04. The van der Waals surface area contributed by atoms with E-state index in [4.69, 9.17) is 0 Å². The van der Waals surface area contributed by atoms with E-state index in [0.29, 0.717) is 24.3 Å². The van der Waals surface area contributed by atoms with E-state index in [-0.39, 0.29) is 11.7 Å². The van der Waals surface area contributed by atoms with Crippen molar-refractivity contribution in [3.63, 3.8) is 0 Å². The van der Waals surface area contributed by atoms with Crippen LogP contribution in [-0.4, -0.2) is 20.1 Å². The molecule has 0 aliphatic heterocycles. The monoisotopic (exact) mass is 371 g/mol. The van der Waals surface area contributed by atoms with E-state index in [0.717, 1.165) is 17.0 Å². The highest BCUT2D eigenvalue weighted by Gasteiger charge is 2.22. The number of carbonyl (C=O) groups excluding carboxylic acids is 1. The molecule has 1 saturated carbocycles. The highest BCUT2D eigenvalue weighted by Crippen LogP contribution is 2.39. The summed E-state index contributed by atoms with van der Waals surface area (Å²) in [6.45, 7) is 2.17. The Kier molecular flexibility index (Phi) is 5.77. The molecule has 1 fully saturated rings. The maximum absolute atomic E-state index is 12.0. The zero-order valence-corrected chi connectivity index (χ0v) is 15.9. The van der Waals surface area contributed by atoms with E-state index in [9.17, 15) is 13.2 Å². The second-order valence-corrected chi connectivity index (χ2v) is 9.12. The Balaban J connectivity index is 1.44. The fourth-order valence-electron chi connectivity index (χ4n) is 2.90. The summed E-state index contributed by atoms with van der Waals surface area (Å²) in [7, 11) is -3.17. The average molecular weight is 372 g/mol. The van der Waals surface area contributed by atoms with Crippen LogP contribution in [0.15, 0.2) is 53.4 Å². The van der Waals surface area contributed by atoms with Crippen molar-refractivity contribution in [2.75, 3.05) is 5.75 Å². The molecule has 1 aliphatic carbocycles. The third-order valence-corrected chi connectivity index (χ3v) is 6.57. The standard InChI is InChI=1S/C21H25NO3S/c1-2-26(24,25)20-12-5-16(6-13-20)7-14-21(23)22-15-17-3-8-18(9-4-17)19-10-11-19/h3-6,8-9,12-13,19H,2,7,10-11,14-15H2,1H3,(H,22,23). The van der Waals surface area contributed by atoms with E-state index >= 15 is 0 Å². The molecule has 1 N–H and O–H groups in total. The summed E-state index contributed by atoms with van der Waals surface area (Å²) in [4.78, 5) is 12.4. The van der Waals surface area contributed by atoms with Crippen LogP contribution in [0.25, 0.3) is 0 Å². The summed E-state index contributed by atoms with van der Waals surface area (Å²) in [6, 6.07) is 15.3. The summed E-state index contributed by atoms with van der Waals surface area (Å²) < 4.78 is 23.6. The van der Waals surface area contributed by atoms with Gasteiger partial charge in [0.25, 0.3) is 0 Å². The highest BCUT2D eigenvalue weighted by atomic mass is 32.2. The summed E-state index contributed by atoms with van der Waals surface area (Å²) in [5.74, 6) is 0.843. The number of sulfone groups is 1. The van der Waals surface area contributed by atoms with Crippen molar-refractivity contribution < 1.29 is 13.2 Å². The molecule has 1 amide bonds. The Labute approximate surface area is 155 Å². The van der Waals surface area contributed by atoms with E-state index < -0.39 is 9.84 Å². The lowest BCUT2D eigenvalue weighted by Crippen LogP contribution is -2.23. The van der Waals surface area contributed by atoms with Crippen molar-refractivity contribution in [2.24, 2.45) is 0 Å². The summed E-state index contributed by atoms with van der Waals surface area (Å²) in [6.07, 6.45) is 3.57. The maximum Gasteiger partial charge on any atom is 0.220 e. The molecule has 2 aromatic carbocycles. The fourth-order valence-corrected chi connectivity index (χ4v) is 3.79. The van der Waals surface area contributed by atoms with Crippen molar-refractivity contribution in [3.8, 4) is 0 Å². The number of rotatable bonds is 8. The van der Waals surface area contributed by atoms with Gasteiger partial charge in [-0.05, 0) is 54.0 Å². The zero-order valence-electron chi connectivity index (χ0n) is 15.1. The number of aryl methyl sites for hydroxylation is 1. The molecule has 0 unspecified atom stereocenters. The number of carbonyl (C=O) groups is 1. The van der Waals surface area contributed by atoms with Crippen molar-refractivity contribution in [3.05, 3.63) is 65.2 Å². The van der Waals surface area contributed by atoms with Crippen LogP contribution in [0.1, 0.15) is 48.8 Å². The van der Waals surface area contributed by atoms with Crippen LogP contribution < -0.4 is 5.32 Å².